The maximum Gasteiger partial charge on any atom is 0.217 e. The van der Waals surface area contributed by atoms with E-state index in [9.17, 15) is 147 Å². The van der Waals surface area contributed by atoms with E-state index in [4.69, 9.17) is 75.8 Å². The molecule has 0 spiro atoms. The van der Waals surface area contributed by atoms with E-state index in [-0.39, 0.29) is 12.4 Å². The van der Waals surface area contributed by atoms with Crippen LogP contribution in [0.25, 0.3) is 0 Å². The standard InChI is InChI=1S/C63H104N4O45/c1-17(75)66-19(7-65-29-5-3-4-6-64-29)31(78)50(20(77)8-68)107-56-30(67-18(2)76)39(86)51(26(14-74)104-56)108-60-49(96)52(109-62-54(43(90)35(82)24(12-72)102-62)110-58-47(94)41(88)33(80)22(10-70)100-58)38(85)28(105-60)16-98-61-53(45(92)37(84)27(106-61)15-97-57-46(93)40(87)32(79)21(9-69)99-57)112-63-55(44(91)36(83)25(13-73)103-63)111-59-48(95)42(89)34(81)23(11-71)101-59/h3-6,19-28,30-63,68-74,77-96H,7-16H2,1-2H3,(H,64,65)(H,66,75)(H,67,76)/t19-,20+,21-,22-,23-,24-,25-,26+,27-,28+,30+,31+,32-,33-,34-,35-,36-,37-,38+,39+,40+,41+,42+,43+,44+,45+,46+,47+,48+,49-,50+,51+,52-,53+,54+,55+,56-,57+,58-,59-,60-,61+,62-,63-/m0/s1. The van der Waals surface area contributed by atoms with Crippen molar-refractivity contribution < 1.29 is 223 Å². The molecule has 112 heavy (non-hydrogen) atoms. The fourth-order valence-electron chi connectivity index (χ4n) is 13.8. The second kappa shape index (κ2) is 41.2. The number of rotatable bonds is 33. The van der Waals surface area contributed by atoms with Crippen LogP contribution in [0.5, 0.6) is 0 Å². The lowest BCUT2D eigenvalue weighted by Crippen LogP contribution is -2.69. The van der Waals surface area contributed by atoms with Gasteiger partial charge in [-0.3, -0.25) is 9.59 Å². The van der Waals surface area contributed by atoms with Crippen LogP contribution in [0.15, 0.2) is 24.4 Å². The summed E-state index contributed by atoms with van der Waals surface area (Å²) in [4.78, 5) is 29.8. The van der Waals surface area contributed by atoms with E-state index in [1.807, 2.05) is 0 Å². The van der Waals surface area contributed by atoms with E-state index >= 15 is 0 Å². The molecule has 49 nitrogen and oxygen atoms in total. The highest BCUT2D eigenvalue weighted by Crippen LogP contribution is 2.39. The van der Waals surface area contributed by atoms with Gasteiger partial charge in [0.2, 0.25) is 11.8 Å². The Labute approximate surface area is 634 Å². The predicted molar refractivity (Wildman–Crippen MR) is 348 cm³/mol. The summed E-state index contributed by atoms with van der Waals surface area (Å²) in [6.07, 6.45) is -89.1. The molecule has 8 aliphatic rings. The number of ether oxygens (including phenoxy) is 16. The van der Waals surface area contributed by atoms with Crippen molar-refractivity contribution in [2.24, 2.45) is 0 Å². The van der Waals surface area contributed by atoms with E-state index < -0.39 is 341 Å². The van der Waals surface area contributed by atoms with E-state index in [0.717, 1.165) is 13.8 Å². The van der Waals surface area contributed by atoms with Crippen molar-refractivity contribution in [3.8, 4) is 0 Å². The van der Waals surface area contributed by atoms with Gasteiger partial charge < -0.3 is 230 Å². The first kappa shape index (κ1) is 92.1. The topological polar surface area (TPSA) is 777 Å². The van der Waals surface area contributed by atoms with E-state index in [1.54, 1.807) is 12.1 Å². The summed E-state index contributed by atoms with van der Waals surface area (Å²) in [6.45, 7) is -8.35. The highest BCUT2D eigenvalue weighted by Gasteiger charge is 2.60. The Balaban J connectivity index is 1.08. The highest BCUT2D eigenvalue weighted by atomic mass is 16.8. The van der Waals surface area contributed by atoms with Crippen LogP contribution in [-0.4, -0.2) is 491 Å². The number of pyridine rings is 1. The number of amides is 2. The van der Waals surface area contributed by atoms with Gasteiger partial charge in [-0.25, -0.2) is 4.98 Å². The number of carbonyl (C=O) groups excluding carboxylic acids is 2. The third-order valence-electron chi connectivity index (χ3n) is 20.2. The van der Waals surface area contributed by atoms with E-state index in [0.29, 0.717) is 0 Å². The average Bonchev–Trinajstić information content (AvgIpc) is 0.770. The molecule has 0 aromatic carbocycles. The van der Waals surface area contributed by atoms with Crippen LogP contribution in [0, 0.1) is 0 Å². The predicted octanol–water partition coefficient (Wildman–Crippen LogP) is -19.2. The van der Waals surface area contributed by atoms with Crippen LogP contribution in [0.3, 0.4) is 0 Å². The molecule has 0 unspecified atom stereocenters. The van der Waals surface area contributed by atoms with E-state index in [1.165, 1.54) is 12.3 Å². The van der Waals surface area contributed by atoms with Crippen LogP contribution in [-0.2, 0) is 85.4 Å². The SMILES string of the molecule is CC(=O)N[C@H]1[C@H](O[C@@H]([C@H](O)[C@H](CNc2ccccn2)NC(C)=O)[C@H](O)CO)O[C@H](CO)[C@@H](O[C@@H]2O[C@H](CO[C@@H]3O[C@@H](CO[C@@H]4O[C@@H](CO)[C@H](O)[C@@H](O)[C@H]4O)[C@H](O)[C@@H](O)[C@H]3O[C@@H]3O[C@@H](CO)[C@H](O)[C@@H](O)[C@H]3O[C@@H]3O[C@@H](CO)[C@H](O)[C@@H](O)[C@H]3O)[C@@H](O)[C@H](O[C@@H]3O[C@@H](CO)[C@H](O)[C@@H](O)[C@H]3O[C@@H]3O[C@@H](CO)[C@H](O)[C@@H](O)[C@H]3O)[C@@H]2O)[C@@H]1O. The van der Waals surface area contributed by atoms with Crippen molar-refractivity contribution in [1.82, 2.24) is 15.6 Å². The first-order chi connectivity index (χ1) is 53.2. The van der Waals surface area contributed by atoms with Gasteiger partial charge in [-0.05, 0) is 12.1 Å². The molecule has 49 heteroatoms. The first-order valence-corrected chi connectivity index (χ1v) is 35.6. The molecule has 0 radical (unpaired) electrons. The van der Waals surface area contributed by atoms with Crippen LogP contribution in [0.4, 0.5) is 5.82 Å². The van der Waals surface area contributed by atoms with Crippen molar-refractivity contribution in [1.29, 1.82) is 0 Å². The molecule has 0 bridgehead atoms. The Morgan fingerprint density at radius 3 is 1.22 bits per heavy atom. The second-order valence-corrected chi connectivity index (χ2v) is 27.9. The number of hydrogen-bond acceptors (Lipinski definition) is 47. The van der Waals surface area contributed by atoms with Gasteiger partial charge in [-0.15, -0.1) is 0 Å². The molecule has 646 valence electrons. The molecule has 2 amide bonds. The Bertz CT molecular complexity index is 3000. The zero-order valence-corrected chi connectivity index (χ0v) is 59.7. The van der Waals surface area contributed by atoms with Crippen molar-refractivity contribution in [3.63, 3.8) is 0 Å². The van der Waals surface area contributed by atoms with Gasteiger partial charge in [0, 0.05) is 26.6 Å². The van der Waals surface area contributed by atoms with Crippen LogP contribution in [0.2, 0.25) is 0 Å². The quantitative estimate of drug-likeness (QED) is 0.0311. The van der Waals surface area contributed by atoms with Crippen LogP contribution in [0.1, 0.15) is 13.8 Å². The smallest absolute Gasteiger partial charge is 0.217 e. The number of aliphatic hydroxyl groups is 27. The minimum atomic E-state index is -2.59. The largest absolute Gasteiger partial charge is 0.394 e. The van der Waals surface area contributed by atoms with Crippen LogP contribution >= 0.6 is 0 Å². The minimum absolute atomic E-state index is 0.243. The fraction of sp³-hybridized carbons (Fsp3) is 0.889. The lowest BCUT2D eigenvalue weighted by Gasteiger charge is -2.50. The van der Waals surface area contributed by atoms with Crippen molar-refractivity contribution >= 4 is 17.6 Å². The summed E-state index contributed by atoms with van der Waals surface area (Å²) in [7, 11) is 0. The molecule has 1 aromatic rings. The van der Waals surface area contributed by atoms with E-state index in [2.05, 4.69) is 20.9 Å². The number of hydrogen-bond donors (Lipinski definition) is 30. The highest BCUT2D eigenvalue weighted by molar-refractivity contribution is 5.73. The molecule has 9 rings (SSSR count). The van der Waals surface area contributed by atoms with Gasteiger partial charge in [0.1, 0.15) is 219 Å². The Morgan fingerprint density at radius 1 is 0.393 bits per heavy atom. The molecular weight excluding hydrogens is 1530 g/mol. The van der Waals surface area contributed by atoms with Gasteiger partial charge in [0.05, 0.1) is 65.5 Å². The lowest BCUT2D eigenvalue weighted by atomic mass is 9.94. The first-order valence-electron chi connectivity index (χ1n) is 35.6. The molecule has 8 saturated heterocycles. The number of carbonyl (C=O) groups is 2. The maximum atomic E-state index is 13.1. The van der Waals surface area contributed by atoms with Gasteiger partial charge in [0.25, 0.3) is 0 Å². The number of anilines is 1. The molecule has 30 N–H and O–H groups in total. The molecule has 9 heterocycles. The minimum Gasteiger partial charge on any atom is -0.394 e. The summed E-state index contributed by atoms with van der Waals surface area (Å²) in [5.74, 6) is -1.45. The summed E-state index contributed by atoms with van der Waals surface area (Å²) in [6, 6.07) is 1.32. The third kappa shape index (κ3) is 20.9. The normalized spacial score (nSPS) is 46.0. The summed E-state index contributed by atoms with van der Waals surface area (Å²) in [5, 5.41) is 307. The zero-order valence-electron chi connectivity index (χ0n) is 59.7. The molecule has 8 aliphatic heterocycles. The number of aromatic nitrogens is 1. The summed E-state index contributed by atoms with van der Waals surface area (Å²) in [5.41, 5.74) is 0. The van der Waals surface area contributed by atoms with Crippen molar-refractivity contribution in [3.05, 3.63) is 24.4 Å². The molecule has 0 saturated carbocycles. The maximum absolute atomic E-state index is 13.1. The monoisotopic (exact) mass is 1640 g/mol. The Hall–Kier alpha value is -3.83. The number of nitrogens with zero attached hydrogens (tertiary/aromatic N) is 1. The van der Waals surface area contributed by atoms with Gasteiger partial charge >= 0.3 is 0 Å². The van der Waals surface area contributed by atoms with Crippen molar-refractivity contribution in [2.45, 2.75) is 284 Å². The Kier molecular flexibility index (Phi) is 33.9. The molecule has 1 aromatic heterocycles. The average molecular weight is 1640 g/mol. The third-order valence-corrected chi connectivity index (χ3v) is 20.2. The number of aliphatic hydroxyl groups excluding tert-OH is 27. The van der Waals surface area contributed by atoms with Gasteiger partial charge in [-0.1, -0.05) is 6.07 Å². The summed E-state index contributed by atoms with van der Waals surface area (Å²) < 4.78 is 94.3. The summed E-state index contributed by atoms with van der Waals surface area (Å²) >= 11 is 0. The molecule has 44 atom stereocenters. The second-order valence-electron chi connectivity index (χ2n) is 27.9. The molecule has 0 aliphatic carbocycles. The van der Waals surface area contributed by atoms with Crippen molar-refractivity contribution in [2.75, 3.05) is 71.3 Å². The molecular formula is C63H104N4O45. The van der Waals surface area contributed by atoms with Crippen LogP contribution < -0.4 is 16.0 Å². The zero-order chi connectivity index (χ0) is 82.2. The Morgan fingerprint density at radius 2 is 0.768 bits per heavy atom. The molecule has 8 fully saturated rings. The lowest BCUT2D eigenvalue weighted by molar-refractivity contribution is -0.404. The fourth-order valence-corrected chi connectivity index (χ4v) is 13.8. The van der Waals surface area contributed by atoms with Gasteiger partial charge in [-0.2, -0.15) is 0 Å². The van der Waals surface area contributed by atoms with Gasteiger partial charge in [0.15, 0.2) is 50.3 Å². The number of nitrogens with one attached hydrogen (secondary N) is 3.